The molecule has 2 aromatic rings. The molecule has 0 heterocycles. The van der Waals surface area contributed by atoms with E-state index in [4.69, 9.17) is 0 Å². The number of nitrogens with one attached hydrogen (secondary N) is 1. The van der Waals surface area contributed by atoms with Crippen molar-refractivity contribution in [1.82, 2.24) is 5.32 Å². The summed E-state index contributed by atoms with van der Waals surface area (Å²) in [5.74, 6) is -1.83. The van der Waals surface area contributed by atoms with Crippen molar-refractivity contribution in [1.29, 1.82) is 0 Å². The molecule has 0 radical (unpaired) electrons. The quantitative estimate of drug-likeness (QED) is 0.890. The summed E-state index contributed by atoms with van der Waals surface area (Å²) in [6.45, 7) is 0. The van der Waals surface area contributed by atoms with E-state index in [0.717, 1.165) is 12.1 Å². The van der Waals surface area contributed by atoms with Gasteiger partial charge in [-0.3, -0.25) is 0 Å². The van der Waals surface area contributed by atoms with Crippen molar-refractivity contribution >= 4 is 15.9 Å². The molecule has 0 aliphatic heterocycles. The maximum absolute atomic E-state index is 13.9. The average Bonchev–Trinajstić information content (AvgIpc) is 2.34. The largest absolute Gasteiger partial charge is 0.309 e. The number of rotatable bonds is 3. The summed E-state index contributed by atoms with van der Waals surface area (Å²) in [4.78, 5) is 0. The van der Waals surface area contributed by atoms with Crippen LogP contribution in [-0.4, -0.2) is 7.05 Å². The Hall–Kier alpha value is -1.33. The Morgan fingerprint density at radius 2 is 1.53 bits per heavy atom. The SMILES string of the molecule is CNC(c1ccc(F)cc1F)c1ccc(Br)cc1F. The predicted molar refractivity (Wildman–Crippen MR) is 71.4 cm³/mol. The molecule has 0 amide bonds. The van der Waals surface area contributed by atoms with Gasteiger partial charge in [0, 0.05) is 21.7 Å². The van der Waals surface area contributed by atoms with Gasteiger partial charge in [-0.25, -0.2) is 13.2 Å². The molecular formula is C14H11BrF3N. The molecule has 1 atom stereocenters. The number of halogens is 4. The van der Waals surface area contributed by atoms with Crippen LogP contribution in [0, 0.1) is 17.5 Å². The maximum atomic E-state index is 13.9. The first-order valence-corrected chi connectivity index (χ1v) is 6.39. The first-order valence-electron chi connectivity index (χ1n) is 5.60. The molecule has 1 nitrogen and oxygen atoms in total. The van der Waals surface area contributed by atoms with Crippen molar-refractivity contribution in [3.8, 4) is 0 Å². The summed E-state index contributed by atoms with van der Waals surface area (Å²) in [7, 11) is 1.59. The van der Waals surface area contributed by atoms with E-state index in [1.165, 1.54) is 12.1 Å². The molecule has 0 aromatic heterocycles. The molecule has 0 bridgehead atoms. The van der Waals surface area contributed by atoms with Crippen LogP contribution in [0.25, 0.3) is 0 Å². The lowest BCUT2D eigenvalue weighted by Crippen LogP contribution is -2.20. The van der Waals surface area contributed by atoms with E-state index in [9.17, 15) is 13.2 Å². The highest BCUT2D eigenvalue weighted by Gasteiger charge is 2.19. The Morgan fingerprint density at radius 1 is 0.947 bits per heavy atom. The molecule has 2 rings (SSSR count). The van der Waals surface area contributed by atoms with Crippen LogP contribution in [0.1, 0.15) is 17.2 Å². The zero-order valence-electron chi connectivity index (χ0n) is 10.1. The topological polar surface area (TPSA) is 12.0 Å². The van der Waals surface area contributed by atoms with Gasteiger partial charge in [0.2, 0.25) is 0 Å². The number of hydrogen-bond acceptors (Lipinski definition) is 1. The van der Waals surface area contributed by atoms with E-state index in [1.807, 2.05) is 0 Å². The number of benzene rings is 2. The Kier molecular flexibility index (Phi) is 4.27. The molecule has 5 heteroatoms. The molecule has 19 heavy (non-hydrogen) atoms. The summed E-state index contributed by atoms with van der Waals surface area (Å²) in [5, 5.41) is 2.84. The monoisotopic (exact) mass is 329 g/mol. The summed E-state index contributed by atoms with van der Waals surface area (Å²) in [6.07, 6.45) is 0. The first-order chi connectivity index (χ1) is 9.02. The summed E-state index contributed by atoms with van der Waals surface area (Å²) < 4.78 is 41.2. The second-order valence-electron chi connectivity index (χ2n) is 4.05. The van der Waals surface area contributed by atoms with Gasteiger partial charge in [-0.15, -0.1) is 0 Å². The molecule has 0 saturated carbocycles. The minimum Gasteiger partial charge on any atom is -0.309 e. The van der Waals surface area contributed by atoms with E-state index >= 15 is 0 Å². The molecule has 0 saturated heterocycles. The maximum Gasteiger partial charge on any atom is 0.131 e. The highest BCUT2D eigenvalue weighted by Crippen LogP contribution is 2.28. The molecule has 0 aliphatic carbocycles. The molecule has 1 unspecified atom stereocenters. The third-order valence-electron chi connectivity index (χ3n) is 2.84. The average molecular weight is 330 g/mol. The van der Waals surface area contributed by atoms with Crippen molar-refractivity contribution in [2.45, 2.75) is 6.04 Å². The Bertz CT molecular complexity index is 550. The van der Waals surface area contributed by atoms with E-state index in [1.54, 1.807) is 19.2 Å². The second kappa shape index (κ2) is 5.75. The minimum atomic E-state index is -0.707. The normalized spacial score (nSPS) is 12.5. The van der Waals surface area contributed by atoms with Gasteiger partial charge in [0.1, 0.15) is 17.5 Å². The molecule has 1 N–H and O–H groups in total. The molecule has 100 valence electrons. The zero-order valence-corrected chi connectivity index (χ0v) is 11.6. The van der Waals surface area contributed by atoms with Crippen LogP contribution >= 0.6 is 15.9 Å². The first kappa shape index (κ1) is 14.1. The molecular weight excluding hydrogens is 319 g/mol. The highest BCUT2D eigenvalue weighted by molar-refractivity contribution is 9.10. The number of hydrogen-bond donors (Lipinski definition) is 1. The molecule has 0 fully saturated rings. The Labute approximate surface area is 117 Å². The summed E-state index contributed by atoms with van der Waals surface area (Å²) >= 11 is 3.16. The van der Waals surface area contributed by atoms with Gasteiger partial charge < -0.3 is 5.32 Å². The fourth-order valence-corrected chi connectivity index (χ4v) is 2.28. The van der Waals surface area contributed by atoms with Crippen molar-refractivity contribution < 1.29 is 13.2 Å². The van der Waals surface area contributed by atoms with Crippen LogP contribution in [0.3, 0.4) is 0 Å². The van der Waals surface area contributed by atoms with E-state index in [2.05, 4.69) is 21.2 Å². The lowest BCUT2D eigenvalue weighted by molar-refractivity contribution is 0.535. The Balaban J connectivity index is 2.50. The summed E-state index contributed by atoms with van der Waals surface area (Å²) in [6, 6.07) is 7.12. The van der Waals surface area contributed by atoms with Gasteiger partial charge >= 0.3 is 0 Å². The molecule has 2 aromatic carbocycles. The standard InChI is InChI=1S/C14H11BrF3N/c1-19-14(10-4-2-8(15)6-12(10)17)11-5-3-9(16)7-13(11)18/h2-7,14,19H,1H3. The van der Waals surface area contributed by atoms with Crippen LogP contribution in [0.4, 0.5) is 13.2 Å². The lowest BCUT2D eigenvalue weighted by atomic mass is 9.98. The lowest BCUT2D eigenvalue weighted by Gasteiger charge is -2.18. The predicted octanol–water partition coefficient (Wildman–Crippen LogP) is 4.18. The van der Waals surface area contributed by atoms with Gasteiger partial charge in [-0.2, -0.15) is 0 Å². The van der Waals surface area contributed by atoms with Gasteiger partial charge in [-0.05, 0) is 25.2 Å². The van der Waals surface area contributed by atoms with E-state index in [-0.39, 0.29) is 5.56 Å². The van der Waals surface area contributed by atoms with Crippen molar-refractivity contribution in [3.05, 3.63) is 69.4 Å². The summed E-state index contributed by atoms with van der Waals surface area (Å²) in [5.41, 5.74) is 0.501. The van der Waals surface area contributed by atoms with E-state index < -0.39 is 23.5 Å². The van der Waals surface area contributed by atoms with Crippen LogP contribution in [0.15, 0.2) is 40.9 Å². The van der Waals surface area contributed by atoms with Crippen LogP contribution < -0.4 is 5.32 Å². The minimum absolute atomic E-state index is 0.199. The van der Waals surface area contributed by atoms with Crippen LogP contribution in [-0.2, 0) is 0 Å². The van der Waals surface area contributed by atoms with Crippen molar-refractivity contribution in [2.75, 3.05) is 7.05 Å². The highest BCUT2D eigenvalue weighted by atomic mass is 79.9. The second-order valence-corrected chi connectivity index (χ2v) is 4.97. The molecule has 0 spiro atoms. The van der Waals surface area contributed by atoms with Gasteiger partial charge in [-0.1, -0.05) is 28.1 Å². The third kappa shape index (κ3) is 2.98. The molecule has 0 aliphatic rings. The van der Waals surface area contributed by atoms with Gasteiger partial charge in [0.05, 0.1) is 6.04 Å². The van der Waals surface area contributed by atoms with E-state index in [0.29, 0.717) is 10.0 Å². The smallest absolute Gasteiger partial charge is 0.131 e. The van der Waals surface area contributed by atoms with Crippen molar-refractivity contribution in [3.63, 3.8) is 0 Å². The third-order valence-corrected chi connectivity index (χ3v) is 3.33. The van der Waals surface area contributed by atoms with Crippen LogP contribution in [0.2, 0.25) is 0 Å². The zero-order chi connectivity index (χ0) is 14.0. The van der Waals surface area contributed by atoms with Crippen molar-refractivity contribution in [2.24, 2.45) is 0 Å². The van der Waals surface area contributed by atoms with Crippen LogP contribution in [0.5, 0.6) is 0 Å². The van der Waals surface area contributed by atoms with Gasteiger partial charge in [0.15, 0.2) is 0 Å². The fourth-order valence-electron chi connectivity index (χ4n) is 1.95. The fraction of sp³-hybridized carbons (Fsp3) is 0.143. The van der Waals surface area contributed by atoms with Gasteiger partial charge in [0.25, 0.3) is 0 Å². The Morgan fingerprint density at radius 3 is 2.05 bits per heavy atom.